The van der Waals surface area contributed by atoms with E-state index in [-0.39, 0.29) is 17.3 Å². The maximum Gasteiger partial charge on any atom is 0.241 e. The smallest absolute Gasteiger partial charge is 0.241 e. The quantitative estimate of drug-likeness (QED) is 0.757. The van der Waals surface area contributed by atoms with E-state index in [1.54, 1.807) is 17.9 Å². The SMILES string of the molecule is CCN(CC)C(=O)CNS(=O)(=O)c1ccc(N)cc1C. The van der Waals surface area contributed by atoms with Gasteiger partial charge in [-0.25, -0.2) is 13.1 Å². The summed E-state index contributed by atoms with van der Waals surface area (Å²) in [6.07, 6.45) is 0. The van der Waals surface area contributed by atoms with Crippen molar-refractivity contribution in [2.24, 2.45) is 0 Å². The van der Waals surface area contributed by atoms with Crippen molar-refractivity contribution in [2.45, 2.75) is 25.7 Å². The Morgan fingerprint density at radius 2 is 1.90 bits per heavy atom. The molecule has 0 aromatic heterocycles. The van der Waals surface area contributed by atoms with Crippen LogP contribution in [0.2, 0.25) is 0 Å². The number of carbonyl (C=O) groups is 1. The minimum atomic E-state index is -3.71. The number of likely N-dealkylation sites (N-methyl/N-ethyl adjacent to an activating group) is 1. The zero-order valence-corrected chi connectivity index (χ0v) is 12.8. The lowest BCUT2D eigenvalue weighted by atomic mass is 10.2. The number of nitrogen functional groups attached to an aromatic ring is 1. The number of amides is 1. The van der Waals surface area contributed by atoms with Crippen LogP contribution < -0.4 is 10.5 Å². The second kappa shape index (κ2) is 6.71. The number of rotatable bonds is 6. The number of benzene rings is 1. The summed E-state index contributed by atoms with van der Waals surface area (Å²) in [6, 6.07) is 4.55. The minimum Gasteiger partial charge on any atom is -0.399 e. The molecule has 0 saturated carbocycles. The van der Waals surface area contributed by atoms with Crippen molar-refractivity contribution in [1.82, 2.24) is 9.62 Å². The Kier molecular flexibility index (Phi) is 5.52. The first-order valence-electron chi connectivity index (χ1n) is 6.45. The summed E-state index contributed by atoms with van der Waals surface area (Å²) in [5, 5.41) is 0. The number of anilines is 1. The van der Waals surface area contributed by atoms with Gasteiger partial charge in [-0.2, -0.15) is 0 Å². The molecule has 112 valence electrons. The molecule has 6 nitrogen and oxygen atoms in total. The van der Waals surface area contributed by atoms with Crippen molar-refractivity contribution < 1.29 is 13.2 Å². The molecule has 0 unspecified atom stereocenters. The maximum atomic E-state index is 12.1. The molecule has 1 rings (SSSR count). The fourth-order valence-electron chi connectivity index (χ4n) is 1.90. The third kappa shape index (κ3) is 3.94. The van der Waals surface area contributed by atoms with Gasteiger partial charge in [0.15, 0.2) is 0 Å². The van der Waals surface area contributed by atoms with Gasteiger partial charge in [-0.1, -0.05) is 0 Å². The highest BCUT2D eigenvalue weighted by Crippen LogP contribution is 2.17. The zero-order chi connectivity index (χ0) is 15.3. The van der Waals surface area contributed by atoms with Crippen LogP contribution in [0, 0.1) is 6.92 Å². The predicted molar refractivity (Wildman–Crippen MR) is 78.7 cm³/mol. The van der Waals surface area contributed by atoms with Crippen LogP contribution in [0.4, 0.5) is 5.69 Å². The summed E-state index contributed by atoms with van der Waals surface area (Å²) >= 11 is 0. The molecule has 0 aliphatic rings. The van der Waals surface area contributed by atoms with Crippen molar-refractivity contribution >= 4 is 21.6 Å². The summed E-state index contributed by atoms with van der Waals surface area (Å²) in [5.74, 6) is -0.244. The van der Waals surface area contributed by atoms with Crippen LogP contribution in [0.15, 0.2) is 23.1 Å². The third-order valence-electron chi connectivity index (χ3n) is 3.02. The minimum absolute atomic E-state index is 0.138. The second-order valence-corrected chi connectivity index (χ2v) is 6.15. The van der Waals surface area contributed by atoms with Crippen LogP contribution in [0.3, 0.4) is 0 Å². The molecule has 0 bridgehead atoms. The van der Waals surface area contributed by atoms with E-state index in [4.69, 9.17) is 5.73 Å². The molecule has 0 saturated heterocycles. The van der Waals surface area contributed by atoms with Gasteiger partial charge in [-0.15, -0.1) is 0 Å². The second-order valence-electron chi connectivity index (χ2n) is 4.42. The number of aryl methyl sites for hydroxylation is 1. The molecule has 0 aliphatic heterocycles. The monoisotopic (exact) mass is 299 g/mol. The fourth-order valence-corrected chi connectivity index (χ4v) is 3.10. The average molecular weight is 299 g/mol. The van der Waals surface area contributed by atoms with Crippen LogP contribution >= 0.6 is 0 Å². The van der Waals surface area contributed by atoms with Crippen LogP contribution in [0.1, 0.15) is 19.4 Å². The van der Waals surface area contributed by atoms with Crippen LogP contribution in [0.5, 0.6) is 0 Å². The number of hydrogen-bond acceptors (Lipinski definition) is 4. The Bertz CT molecular complexity index is 581. The molecular weight excluding hydrogens is 278 g/mol. The first kappa shape index (κ1) is 16.5. The Balaban J connectivity index is 2.83. The summed E-state index contributed by atoms with van der Waals surface area (Å²) in [7, 11) is -3.71. The van der Waals surface area contributed by atoms with Gasteiger partial charge >= 0.3 is 0 Å². The molecule has 3 N–H and O–H groups in total. The van der Waals surface area contributed by atoms with Gasteiger partial charge in [0.05, 0.1) is 11.4 Å². The van der Waals surface area contributed by atoms with Gasteiger partial charge in [0.25, 0.3) is 0 Å². The van der Waals surface area contributed by atoms with Crippen molar-refractivity contribution in [2.75, 3.05) is 25.4 Å². The van der Waals surface area contributed by atoms with Crippen molar-refractivity contribution in [3.8, 4) is 0 Å². The van der Waals surface area contributed by atoms with Crippen LogP contribution in [-0.2, 0) is 14.8 Å². The number of carbonyl (C=O) groups excluding carboxylic acids is 1. The summed E-state index contributed by atoms with van der Waals surface area (Å²) < 4.78 is 26.6. The lowest BCUT2D eigenvalue weighted by Crippen LogP contribution is -2.40. The van der Waals surface area contributed by atoms with E-state index < -0.39 is 10.0 Å². The van der Waals surface area contributed by atoms with E-state index in [1.165, 1.54) is 12.1 Å². The highest BCUT2D eigenvalue weighted by molar-refractivity contribution is 7.89. The highest BCUT2D eigenvalue weighted by atomic mass is 32.2. The van der Waals surface area contributed by atoms with E-state index in [1.807, 2.05) is 13.8 Å². The largest absolute Gasteiger partial charge is 0.399 e. The fraction of sp³-hybridized carbons (Fsp3) is 0.462. The molecule has 1 aromatic rings. The molecule has 0 spiro atoms. The number of hydrogen-bond donors (Lipinski definition) is 2. The Morgan fingerprint density at radius 1 is 1.30 bits per heavy atom. The zero-order valence-electron chi connectivity index (χ0n) is 12.0. The van der Waals surface area contributed by atoms with E-state index >= 15 is 0 Å². The van der Waals surface area contributed by atoms with Crippen LogP contribution in [0.25, 0.3) is 0 Å². The Hall–Kier alpha value is -1.60. The number of nitrogens with one attached hydrogen (secondary N) is 1. The Labute approximate surface area is 120 Å². The lowest BCUT2D eigenvalue weighted by molar-refractivity contribution is -0.129. The van der Waals surface area contributed by atoms with Gasteiger partial charge in [0.2, 0.25) is 15.9 Å². The average Bonchev–Trinajstić information content (AvgIpc) is 2.37. The first-order chi connectivity index (χ1) is 9.31. The number of sulfonamides is 1. The predicted octanol–water partition coefficient (Wildman–Crippen LogP) is 0.724. The van der Waals surface area contributed by atoms with Gasteiger partial charge in [0, 0.05) is 18.8 Å². The molecule has 0 atom stereocenters. The number of nitrogens with two attached hydrogens (primary N) is 1. The molecule has 0 fully saturated rings. The Morgan fingerprint density at radius 3 is 2.40 bits per heavy atom. The lowest BCUT2D eigenvalue weighted by Gasteiger charge is -2.19. The van der Waals surface area contributed by atoms with Crippen molar-refractivity contribution in [3.63, 3.8) is 0 Å². The summed E-state index contributed by atoms with van der Waals surface area (Å²) in [6.45, 7) is 6.22. The summed E-state index contributed by atoms with van der Waals surface area (Å²) in [4.78, 5) is 13.5. The topological polar surface area (TPSA) is 92.5 Å². The molecule has 1 amide bonds. The standard InChI is InChI=1S/C13H21N3O3S/c1-4-16(5-2)13(17)9-15-20(18,19)12-7-6-11(14)8-10(12)3/h6-8,15H,4-5,9,14H2,1-3H3. The molecule has 7 heteroatoms. The first-order valence-corrected chi connectivity index (χ1v) is 7.93. The van der Waals surface area contributed by atoms with E-state index in [2.05, 4.69) is 4.72 Å². The third-order valence-corrected chi connectivity index (χ3v) is 4.58. The summed E-state index contributed by atoms with van der Waals surface area (Å²) in [5.41, 5.74) is 6.64. The van der Waals surface area contributed by atoms with Crippen molar-refractivity contribution in [3.05, 3.63) is 23.8 Å². The molecular formula is C13H21N3O3S. The van der Waals surface area contributed by atoms with Gasteiger partial charge in [-0.3, -0.25) is 4.79 Å². The van der Waals surface area contributed by atoms with E-state index in [0.29, 0.717) is 24.3 Å². The highest BCUT2D eigenvalue weighted by Gasteiger charge is 2.19. The van der Waals surface area contributed by atoms with E-state index in [9.17, 15) is 13.2 Å². The molecule has 20 heavy (non-hydrogen) atoms. The molecule has 1 aromatic carbocycles. The van der Waals surface area contributed by atoms with Crippen molar-refractivity contribution in [1.29, 1.82) is 0 Å². The van der Waals surface area contributed by atoms with Crippen LogP contribution in [-0.4, -0.2) is 38.9 Å². The maximum absolute atomic E-state index is 12.1. The molecule has 0 aliphatic carbocycles. The van der Waals surface area contributed by atoms with E-state index in [0.717, 1.165) is 0 Å². The van der Waals surface area contributed by atoms with Gasteiger partial charge < -0.3 is 10.6 Å². The molecule has 0 radical (unpaired) electrons. The number of nitrogens with zero attached hydrogens (tertiary/aromatic N) is 1. The van der Waals surface area contributed by atoms with Gasteiger partial charge in [0.1, 0.15) is 0 Å². The normalized spacial score (nSPS) is 11.3. The van der Waals surface area contributed by atoms with Gasteiger partial charge in [-0.05, 0) is 44.5 Å². The molecule has 0 heterocycles.